The van der Waals surface area contributed by atoms with E-state index in [0.29, 0.717) is 0 Å². The molecule has 0 aliphatic carbocycles. The minimum absolute atomic E-state index is 0.0196. The van der Waals surface area contributed by atoms with Gasteiger partial charge in [0.25, 0.3) is 0 Å². The Kier molecular flexibility index (Phi) is 18.8. The second kappa shape index (κ2) is 21.6. The first kappa shape index (κ1) is 51.3. The van der Waals surface area contributed by atoms with Crippen molar-refractivity contribution in [2.45, 2.75) is 124 Å². The summed E-state index contributed by atoms with van der Waals surface area (Å²) in [4.78, 5) is 73.3. The minimum atomic E-state index is -1.90. The number of hydrogen-bond acceptors (Lipinski definition) is 14. The molecule has 336 valence electrons. The Morgan fingerprint density at radius 1 is 0.525 bits per heavy atom. The first-order chi connectivity index (χ1) is 26.9. The zero-order valence-corrected chi connectivity index (χ0v) is 36.7. The lowest BCUT2D eigenvalue weighted by Crippen LogP contribution is -2.53. The van der Waals surface area contributed by atoms with Crippen LogP contribution in [-0.2, 0) is 42.9 Å². The molecular formula is C41H64F4N4O10. The van der Waals surface area contributed by atoms with Crippen molar-refractivity contribution < 1.29 is 65.2 Å². The summed E-state index contributed by atoms with van der Waals surface area (Å²) in [6, 6.07) is -1.21. The Balaban J connectivity index is 2.55. The molecule has 59 heavy (non-hydrogen) atoms. The highest BCUT2D eigenvalue weighted by atomic mass is 19.2. The van der Waals surface area contributed by atoms with Gasteiger partial charge in [-0.25, -0.2) is 8.78 Å². The molecule has 0 N–H and O–H groups in total. The Morgan fingerprint density at radius 2 is 0.847 bits per heavy atom. The number of rotatable bonds is 12. The molecule has 0 amide bonds. The fourth-order valence-electron chi connectivity index (χ4n) is 5.89. The van der Waals surface area contributed by atoms with E-state index in [4.69, 9.17) is 23.7 Å². The Hall–Kier alpha value is -3.87. The largest absolute Gasteiger partial charge is 0.459 e. The first-order valence-corrected chi connectivity index (χ1v) is 19.7. The number of ether oxygens (including phenoxy) is 5. The SMILES string of the molecule is CC(C)(C)OC(=O)CN1CCN(CC(=O)OC(C)(C)C)CCN(C(CCC(=O)Oc2c(F)c(F)cc(F)c2F)C(=O)OC(C)(C)C)CCN(CC(=O)OC(C)(C)C)CC1. The van der Waals surface area contributed by atoms with Gasteiger partial charge in [0.05, 0.1) is 19.6 Å². The molecule has 0 radical (unpaired) electrons. The van der Waals surface area contributed by atoms with Gasteiger partial charge in [0, 0.05) is 64.8 Å². The molecule has 0 saturated carbocycles. The fraction of sp³-hybridized carbons (Fsp3) is 0.732. The van der Waals surface area contributed by atoms with Gasteiger partial charge in [-0.3, -0.25) is 43.6 Å². The van der Waals surface area contributed by atoms with Crippen LogP contribution in [0.25, 0.3) is 0 Å². The van der Waals surface area contributed by atoms with Gasteiger partial charge in [-0.2, -0.15) is 8.78 Å². The summed E-state index contributed by atoms with van der Waals surface area (Å²) >= 11 is 0. The van der Waals surface area contributed by atoms with Crippen molar-refractivity contribution in [2.24, 2.45) is 0 Å². The van der Waals surface area contributed by atoms with Crippen molar-refractivity contribution in [3.8, 4) is 5.75 Å². The van der Waals surface area contributed by atoms with Crippen molar-refractivity contribution in [3.05, 3.63) is 29.3 Å². The topological polar surface area (TPSA) is 144 Å². The van der Waals surface area contributed by atoms with Crippen LogP contribution < -0.4 is 4.74 Å². The zero-order valence-electron chi connectivity index (χ0n) is 36.7. The predicted octanol–water partition coefficient (Wildman–Crippen LogP) is 4.89. The minimum Gasteiger partial charge on any atom is -0.459 e. The molecule has 1 heterocycles. The summed E-state index contributed by atoms with van der Waals surface area (Å²) in [6.07, 6.45) is -0.961. The van der Waals surface area contributed by atoms with Crippen molar-refractivity contribution in [3.63, 3.8) is 0 Å². The molecule has 1 saturated heterocycles. The molecule has 0 bridgehead atoms. The normalized spacial score (nSPS) is 16.9. The molecule has 14 nitrogen and oxygen atoms in total. The van der Waals surface area contributed by atoms with Crippen molar-refractivity contribution in [1.29, 1.82) is 0 Å². The molecule has 2 rings (SSSR count). The highest BCUT2D eigenvalue weighted by Crippen LogP contribution is 2.27. The highest BCUT2D eigenvalue weighted by molar-refractivity contribution is 5.78. The number of hydrogen-bond donors (Lipinski definition) is 0. The molecule has 18 heteroatoms. The van der Waals surface area contributed by atoms with E-state index >= 15 is 0 Å². The van der Waals surface area contributed by atoms with Crippen LogP contribution in [0.1, 0.15) is 95.9 Å². The number of esters is 5. The van der Waals surface area contributed by atoms with E-state index in [9.17, 15) is 41.5 Å². The lowest BCUT2D eigenvalue weighted by Gasteiger charge is -2.37. The number of carbonyl (C=O) groups excluding carboxylic acids is 5. The van der Waals surface area contributed by atoms with E-state index in [2.05, 4.69) is 0 Å². The van der Waals surface area contributed by atoms with E-state index in [1.807, 2.05) is 4.90 Å². The van der Waals surface area contributed by atoms with Crippen LogP contribution in [0.4, 0.5) is 17.6 Å². The van der Waals surface area contributed by atoms with Crippen molar-refractivity contribution >= 4 is 29.8 Å². The molecule has 0 aromatic heterocycles. The molecule has 1 aromatic rings. The second-order valence-corrected chi connectivity index (χ2v) is 18.5. The maximum atomic E-state index is 14.4. The van der Waals surface area contributed by atoms with Gasteiger partial charge in [0.1, 0.15) is 28.4 Å². The highest BCUT2D eigenvalue weighted by Gasteiger charge is 2.34. The monoisotopic (exact) mass is 848 g/mol. The summed E-state index contributed by atoms with van der Waals surface area (Å²) in [6.45, 7) is 21.8. The van der Waals surface area contributed by atoms with Crippen LogP contribution >= 0.6 is 0 Å². The van der Waals surface area contributed by atoms with Gasteiger partial charge in [-0.1, -0.05) is 0 Å². The van der Waals surface area contributed by atoms with Crippen molar-refractivity contribution in [2.75, 3.05) is 72.0 Å². The van der Waals surface area contributed by atoms with Gasteiger partial charge < -0.3 is 23.7 Å². The van der Waals surface area contributed by atoms with Crippen LogP contribution in [-0.4, -0.2) is 150 Å². The smallest absolute Gasteiger partial charge is 0.323 e. The standard InChI is InChI=1S/C41H64F4N4O10/c1-38(2,3)56-31(51)24-46-15-17-47(25-32(52)57-39(4,5)6)19-21-49(22-20-48(18-16-46)26-33(53)58-40(7,8)9)29(37(54)59-41(10,11)12)13-14-30(50)55-36-34(44)27(42)23-28(43)35(36)45/h23,29H,13-22,24-26H2,1-12H3. The third kappa shape index (κ3) is 20.3. The molecule has 1 unspecified atom stereocenters. The van der Waals surface area contributed by atoms with E-state index in [-0.39, 0.29) is 84.5 Å². The zero-order chi connectivity index (χ0) is 45.1. The molecule has 1 atom stereocenters. The number of benzene rings is 1. The predicted molar refractivity (Wildman–Crippen MR) is 209 cm³/mol. The summed E-state index contributed by atoms with van der Waals surface area (Å²) in [5.41, 5.74) is -3.29. The van der Waals surface area contributed by atoms with E-state index < -0.39 is 93.7 Å². The van der Waals surface area contributed by atoms with E-state index in [0.717, 1.165) is 0 Å². The van der Waals surface area contributed by atoms with Crippen LogP contribution in [0.15, 0.2) is 6.07 Å². The maximum absolute atomic E-state index is 14.4. The summed E-state index contributed by atoms with van der Waals surface area (Å²) < 4.78 is 83.7. The second-order valence-electron chi connectivity index (χ2n) is 18.5. The molecule has 1 aliphatic heterocycles. The quantitative estimate of drug-likeness (QED) is 0.0926. The summed E-state index contributed by atoms with van der Waals surface area (Å²) in [7, 11) is 0. The van der Waals surface area contributed by atoms with Gasteiger partial charge >= 0.3 is 29.8 Å². The molecule has 1 aliphatic rings. The molecular weight excluding hydrogens is 784 g/mol. The summed E-state index contributed by atoms with van der Waals surface area (Å²) in [5, 5.41) is 0. The fourth-order valence-corrected chi connectivity index (χ4v) is 5.89. The van der Waals surface area contributed by atoms with Gasteiger partial charge in [0.15, 0.2) is 11.6 Å². The summed E-state index contributed by atoms with van der Waals surface area (Å²) in [5.74, 6) is -12.4. The Labute approximate surface area is 345 Å². The molecule has 0 spiro atoms. The number of halogens is 4. The van der Waals surface area contributed by atoms with Crippen LogP contribution in [0.5, 0.6) is 5.75 Å². The third-order valence-electron chi connectivity index (χ3n) is 8.22. The van der Waals surface area contributed by atoms with E-state index in [1.54, 1.807) is 97.8 Å². The van der Waals surface area contributed by atoms with Gasteiger partial charge in [-0.05, 0) is 89.5 Å². The third-order valence-corrected chi connectivity index (χ3v) is 8.22. The van der Waals surface area contributed by atoms with Gasteiger partial charge in [0.2, 0.25) is 17.4 Å². The Bertz CT molecular complexity index is 1550. The molecule has 1 fully saturated rings. The van der Waals surface area contributed by atoms with Gasteiger partial charge in [-0.15, -0.1) is 0 Å². The lowest BCUT2D eigenvalue weighted by molar-refractivity contribution is -0.163. The average Bonchev–Trinajstić information content (AvgIpc) is 3.03. The Morgan fingerprint density at radius 3 is 1.17 bits per heavy atom. The maximum Gasteiger partial charge on any atom is 0.323 e. The molecule has 1 aromatic carbocycles. The van der Waals surface area contributed by atoms with E-state index in [1.165, 1.54) is 0 Å². The van der Waals surface area contributed by atoms with Crippen LogP contribution in [0.2, 0.25) is 0 Å². The average molecular weight is 849 g/mol. The number of nitrogens with zero attached hydrogens (tertiary/aromatic N) is 4. The van der Waals surface area contributed by atoms with Crippen LogP contribution in [0, 0.1) is 23.3 Å². The van der Waals surface area contributed by atoms with Crippen molar-refractivity contribution in [1.82, 2.24) is 19.6 Å². The lowest BCUT2D eigenvalue weighted by atomic mass is 10.1. The van der Waals surface area contributed by atoms with Crippen LogP contribution in [0.3, 0.4) is 0 Å². The number of carbonyl (C=O) groups is 5. The first-order valence-electron chi connectivity index (χ1n) is 19.7.